The van der Waals surface area contributed by atoms with Crippen molar-refractivity contribution < 1.29 is 9.53 Å². The SMILES string of the molecule is CCOc1ncccc1C(=O)Nc1cc(Cl)ccc1Cl. The maximum atomic E-state index is 12.2. The molecule has 104 valence electrons. The van der Waals surface area contributed by atoms with E-state index in [-0.39, 0.29) is 11.8 Å². The standard InChI is InChI=1S/C14H12Cl2N2O2/c1-2-20-14-10(4-3-7-17-14)13(19)18-12-8-9(15)5-6-11(12)16/h3-8H,2H2,1H3,(H,18,19). The molecule has 0 fully saturated rings. The van der Waals surface area contributed by atoms with Gasteiger partial charge in [0.1, 0.15) is 5.56 Å². The van der Waals surface area contributed by atoms with E-state index in [2.05, 4.69) is 10.3 Å². The molecule has 2 rings (SSSR count). The van der Waals surface area contributed by atoms with Gasteiger partial charge in [0.15, 0.2) is 0 Å². The smallest absolute Gasteiger partial charge is 0.261 e. The number of aromatic nitrogens is 1. The molecule has 1 aromatic carbocycles. The topological polar surface area (TPSA) is 51.2 Å². The van der Waals surface area contributed by atoms with Crippen LogP contribution < -0.4 is 10.1 Å². The summed E-state index contributed by atoms with van der Waals surface area (Å²) >= 11 is 11.9. The van der Waals surface area contributed by atoms with Gasteiger partial charge in [-0.1, -0.05) is 23.2 Å². The molecule has 0 bridgehead atoms. The van der Waals surface area contributed by atoms with E-state index < -0.39 is 0 Å². The molecule has 0 unspecified atom stereocenters. The number of pyridine rings is 1. The number of carbonyl (C=O) groups excluding carboxylic acids is 1. The van der Waals surface area contributed by atoms with Gasteiger partial charge in [-0.25, -0.2) is 4.98 Å². The fourth-order valence-corrected chi connectivity index (χ4v) is 1.94. The molecular formula is C14H12Cl2N2O2. The van der Waals surface area contributed by atoms with E-state index in [9.17, 15) is 4.79 Å². The Morgan fingerprint density at radius 3 is 2.90 bits per heavy atom. The Balaban J connectivity index is 2.26. The molecule has 4 nitrogen and oxygen atoms in total. The fraction of sp³-hybridized carbons (Fsp3) is 0.143. The van der Waals surface area contributed by atoms with Crippen LogP contribution in [0.1, 0.15) is 17.3 Å². The zero-order chi connectivity index (χ0) is 14.5. The van der Waals surface area contributed by atoms with Crippen LogP contribution in [0.3, 0.4) is 0 Å². The largest absolute Gasteiger partial charge is 0.477 e. The van der Waals surface area contributed by atoms with Gasteiger partial charge in [0, 0.05) is 11.2 Å². The zero-order valence-electron chi connectivity index (χ0n) is 10.7. The lowest BCUT2D eigenvalue weighted by molar-refractivity contribution is 0.102. The third kappa shape index (κ3) is 3.40. The lowest BCUT2D eigenvalue weighted by Crippen LogP contribution is -2.14. The summed E-state index contributed by atoms with van der Waals surface area (Å²) in [5, 5.41) is 3.58. The highest BCUT2D eigenvalue weighted by atomic mass is 35.5. The van der Waals surface area contributed by atoms with Crippen molar-refractivity contribution in [1.82, 2.24) is 4.98 Å². The van der Waals surface area contributed by atoms with Gasteiger partial charge < -0.3 is 10.1 Å². The molecule has 1 amide bonds. The number of rotatable bonds is 4. The predicted molar refractivity (Wildman–Crippen MR) is 79.8 cm³/mol. The summed E-state index contributed by atoms with van der Waals surface area (Å²) in [5.74, 6) is -0.0728. The van der Waals surface area contributed by atoms with E-state index in [1.54, 1.807) is 36.5 Å². The normalized spacial score (nSPS) is 10.2. The zero-order valence-corrected chi connectivity index (χ0v) is 12.2. The Hall–Kier alpha value is -1.78. The van der Waals surface area contributed by atoms with Crippen molar-refractivity contribution in [2.75, 3.05) is 11.9 Å². The third-order valence-electron chi connectivity index (χ3n) is 2.47. The minimum absolute atomic E-state index is 0.283. The molecule has 0 atom stereocenters. The van der Waals surface area contributed by atoms with Crippen LogP contribution in [0.4, 0.5) is 5.69 Å². The van der Waals surface area contributed by atoms with Gasteiger partial charge in [-0.15, -0.1) is 0 Å². The van der Waals surface area contributed by atoms with Gasteiger partial charge in [-0.3, -0.25) is 4.79 Å². The summed E-state index contributed by atoms with van der Waals surface area (Å²) in [5.41, 5.74) is 0.779. The molecule has 1 aromatic heterocycles. The van der Waals surface area contributed by atoms with E-state index in [0.717, 1.165) is 0 Å². The van der Waals surface area contributed by atoms with Crippen LogP contribution in [0.15, 0.2) is 36.5 Å². The molecule has 20 heavy (non-hydrogen) atoms. The highest BCUT2D eigenvalue weighted by Crippen LogP contribution is 2.26. The van der Waals surface area contributed by atoms with Crippen LogP contribution in [0.25, 0.3) is 0 Å². The number of hydrogen-bond acceptors (Lipinski definition) is 3. The van der Waals surface area contributed by atoms with Gasteiger partial charge >= 0.3 is 0 Å². The lowest BCUT2D eigenvalue weighted by Gasteiger charge is -2.10. The van der Waals surface area contributed by atoms with Crippen molar-refractivity contribution in [3.05, 3.63) is 52.1 Å². The van der Waals surface area contributed by atoms with Crippen molar-refractivity contribution in [1.29, 1.82) is 0 Å². The average Bonchev–Trinajstić information content (AvgIpc) is 2.44. The minimum atomic E-state index is -0.356. The maximum Gasteiger partial charge on any atom is 0.261 e. The highest BCUT2D eigenvalue weighted by molar-refractivity contribution is 6.35. The maximum absolute atomic E-state index is 12.2. The average molecular weight is 311 g/mol. The molecule has 0 aliphatic carbocycles. The number of halogens is 2. The number of ether oxygens (including phenoxy) is 1. The molecule has 0 saturated heterocycles. The van der Waals surface area contributed by atoms with Crippen LogP contribution >= 0.6 is 23.2 Å². The van der Waals surface area contributed by atoms with Crippen LogP contribution in [0.5, 0.6) is 5.88 Å². The van der Waals surface area contributed by atoms with Gasteiger partial charge in [-0.05, 0) is 37.3 Å². The van der Waals surface area contributed by atoms with E-state index in [0.29, 0.717) is 27.9 Å². The van der Waals surface area contributed by atoms with Gasteiger partial charge in [0.2, 0.25) is 5.88 Å². The van der Waals surface area contributed by atoms with Gasteiger partial charge in [0.05, 0.1) is 17.3 Å². The van der Waals surface area contributed by atoms with Gasteiger partial charge in [-0.2, -0.15) is 0 Å². The second-order valence-electron chi connectivity index (χ2n) is 3.87. The summed E-state index contributed by atoms with van der Waals surface area (Å²) in [6.45, 7) is 2.25. The second-order valence-corrected chi connectivity index (χ2v) is 4.71. The van der Waals surface area contributed by atoms with Crippen LogP contribution in [0.2, 0.25) is 10.0 Å². The van der Waals surface area contributed by atoms with E-state index in [4.69, 9.17) is 27.9 Å². The van der Waals surface area contributed by atoms with E-state index in [1.807, 2.05) is 6.92 Å². The highest BCUT2D eigenvalue weighted by Gasteiger charge is 2.14. The molecule has 1 N–H and O–H groups in total. The number of nitrogens with one attached hydrogen (secondary N) is 1. The summed E-state index contributed by atoms with van der Waals surface area (Å²) in [6.07, 6.45) is 1.56. The molecule has 0 aliphatic heterocycles. The number of hydrogen-bond donors (Lipinski definition) is 1. The molecule has 6 heteroatoms. The number of nitrogens with zero attached hydrogens (tertiary/aromatic N) is 1. The lowest BCUT2D eigenvalue weighted by atomic mass is 10.2. The Labute approximate surface area is 126 Å². The summed E-state index contributed by atoms with van der Waals surface area (Å²) < 4.78 is 5.32. The van der Waals surface area contributed by atoms with E-state index in [1.165, 1.54) is 0 Å². The first-order valence-electron chi connectivity index (χ1n) is 5.96. The van der Waals surface area contributed by atoms with Gasteiger partial charge in [0.25, 0.3) is 5.91 Å². The first-order valence-corrected chi connectivity index (χ1v) is 6.71. The molecule has 0 radical (unpaired) electrons. The Bertz CT molecular complexity index is 632. The second kappa shape index (κ2) is 6.59. The Morgan fingerprint density at radius 2 is 2.15 bits per heavy atom. The van der Waals surface area contributed by atoms with Crippen molar-refractivity contribution in [3.8, 4) is 5.88 Å². The molecular weight excluding hydrogens is 299 g/mol. The summed E-state index contributed by atoms with van der Waals surface area (Å²) in [7, 11) is 0. The van der Waals surface area contributed by atoms with Crippen molar-refractivity contribution in [2.24, 2.45) is 0 Å². The van der Waals surface area contributed by atoms with E-state index >= 15 is 0 Å². The van der Waals surface area contributed by atoms with Crippen LogP contribution in [-0.4, -0.2) is 17.5 Å². The third-order valence-corrected chi connectivity index (χ3v) is 3.04. The Morgan fingerprint density at radius 1 is 1.35 bits per heavy atom. The molecule has 0 aliphatic rings. The number of carbonyl (C=O) groups is 1. The first kappa shape index (κ1) is 14.6. The predicted octanol–water partition coefficient (Wildman–Crippen LogP) is 4.04. The summed E-state index contributed by atoms with van der Waals surface area (Å²) in [6, 6.07) is 8.14. The minimum Gasteiger partial charge on any atom is -0.477 e. The van der Waals surface area contributed by atoms with Crippen LogP contribution in [-0.2, 0) is 0 Å². The molecule has 1 heterocycles. The summed E-state index contributed by atoms with van der Waals surface area (Å²) in [4.78, 5) is 16.3. The molecule has 0 saturated carbocycles. The van der Waals surface area contributed by atoms with Crippen LogP contribution in [0, 0.1) is 0 Å². The monoisotopic (exact) mass is 310 g/mol. The first-order chi connectivity index (χ1) is 9.61. The molecule has 0 spiro atoms. The quantitative estimate of drug-likeness (QED) is 0.927. The number of benzene rings is 1. The number of anilines is 1. The number of amides is 1. The fourth-order valence-electron chi connectivity index (χ4n) is 1.60. The Kier molecular flexibility index (Phi) is 4.82. The van der Waals surface area contributed by atoms with Crippen molar-refractivity contribution in [2.45, 2.75) is 6.92 Å². The van der Waals surface area contributed by atoms with Crippen molar-refractivity contribution in [3.63, 3.8) is 0 Å². The molecule has 2 aromatic rings. The van der Waals surface area contributed by atoms with Crippen molar-refractivity contribution >= 4 is 34.8 Å².